The Morgan fingerprint density at radius 3 is 2.42 bits per heavy atom. The Morgan fingerprint density at radius 1 is 1.33 bits per heavy atom. The molecule has 0 aliphatic carbocycles. The lowest BCUT2D eigenvalue weighted by molar-refractivity contribution is -0.124. The van der Waals surface area contributed by atoms with E-state index < -0.39 is 42.7 Å². The molecule has 0 spiro atoms. The third kappa shape index (κ3) is 4.45. The minimum atomic E-state index is -2.90. The van der Waals surface area contributed by atoms with Crippen molar-refractivity contribution in [3.8, 4) is 11.5 Å². The molecule has 1 amide bonds. The average molecular weight is 369 g/mol. The smallest absolute Gasteiger partial charge is 0.262 e. The zero-order chi connectivity index (χ0) is 17.2. The summed E-state index contributed by atoms with van der Waals surface area (Å²) in [5, 5.41) is 4.99. The molecule has 1 heterocycles. The monoisotopic (exact) mass is 368 g/mol. The lowest BCUT2D eigenvalue weighted by atomic mass is 10.1. The normalized spacial score (nSPS) is 20.0. The number of benzene rings is 1. The van der Waals surface area contributed by atoms with Crippen LogP contribution in [0.1, 0.15) is 24.9 Å². The number of nitrogens with one attached hydrogen (secondary N) is 2. The van der Waals surface area contributed by atoms with E-state index in [-0.39, 0.29) is 23.7 Å². The largest absolute Gasteiger partial charge is 0.493 e. The summed E-state index contributed by atoms with van der Waals surface area (Å²) in [6.45, 7) is 1.03. The van der Waals surface area contributed by atoms with Gasteiger partial charge in [0.15, 0.2) is 11.5 Å². The first-order valence-electron chi connectivity index (χ1n) is 7.10. The van der Waals surface area contributed by atoms with E-state index in [1.165, 1.54) is 20.3 Å². The van der Waals surface area contributed by atoms with Gasteiger partial charge in [-0.2, -0.15) is 0 Å². The van der Waals surface area contributed by atoms with Gasteiger partial charge in [0.2, 0.25) is 5.91 Å². The van der Waals surface area contributed by atoms with E-state index in [9.17, 15) is 18.0 Å². The first-order valence-corrected chi connectivity index (χ1v) is 7.10. The topological polar surface area (TPSA) is 59.6 Å². The molecule has 9 heteroatoms. The summed E-state index contributed by atoms with van der Waals surface area (Å²) in [5.41, 5.74) is 0.181. The lowest BCUT2D eigenvalue weighted by Crippen LogP contribution is -2.41. The summed E-state index contributed by atoms with van der Waals surface area (Å²) >= 11 is 0. The van der Waals surface area contributed by atoms with E-state index in [1.807, 2.05) is 0 Å². The fourth-order valence-corrected chi connectivity index (χ4v) is 2.49. The van der Waals surface area contributed by atoms with Crippen LogP contribution in [-0.4, -0.2) is 38.6 Å². The van der Waals surface area contributed by atoms with Crippen molar-refractivity contribution in [2.24, 2.45) is 0 Å². The highest BCUT2D eigenvalue weighted by atomic mass is 35.5. The van der Waals surface area contributed by atoms with Gasteiger partial charge in [-0.15, -0.1) is 12.4 Å². The lowest BCUT2D eigenvalue weighted by Gasteiger charge is -2.19. The van der Waals surface area contributed by atoms with Crippen LogP contribution in [0.5, 0.6) is 11.5 Å². The number of carbonyl (C=O) groups is 1. The molecule has 1 aromatic rings. The number of alkyl halides is 2. The Labute approximate surface area is 144 Å². The molecule has 2 N–H and O–H groups in total. The van der Waals surface area contributed by atoms with Gasteiger partial charge in [0.25, 0.3) is 5.92 Å². The van der Waals surface area contributed by atoms with Crippen molar-refractivity contribution in [1.82, 2.24) is 10.6 Å². The van der Waals surface area contributed by atoms with E-state index in [0.717, 1.165) is 6.07 Å². The zero-order valence-corrected chi connectivity index (χ0v) is 14.3. The van der Waals surface area contributed by atoms with E-state index in [2.05, 4.69) is 10.6 Å². The second kappa shape index (κ2) is 7.94. The van der Waals surface area contributed by atoms with Gasteiger partial charge in [-0.3, -0.25) is 10.1 Å². The molecule has 0 aromatic heterocycles. The minimum absolute atomic E-state index is 0. The molecule has 1 fully saturated rings. The summed E-state index contributed by atoms with van der Waals surface area (Å²) in [6, 6.07) is 0.864. The quantitative estimate of drug-likeness (QED) is 0.838. The predicted molar refractivity (Wildman–Crippen MR) is 84.7 cm³/mol. The summed E-state index contributed by atoms with van der Waals surface area (Å²) in [4.78, 5) is 12.0. The van der Waals surface area contributed by atoms with Crippen LogP contribution in [0.15, 0.2) is 12.1 Å². The van der Waals surface area contributed by atoms with E-state index in [0.29, 0.717) is 5.75 Å². The number of carbonyl (C=O) groups excluding carboxylic acids is 1. The fraction of sp³-hybridized carbons (Fsp3) is 0.533. The van der Waals surface area contributed by atoms with Gasteiger partial charge in [-0.25, -0.2) is 13.2 Å². The van der Waals surface area contributed by atoms with Gasteiger partial charge in [0, 0.05) is 18.1 Å². The summed E-state index contributed by atoms with van der Waals surface area (Å²) in [6.07, 6.45) is -0.569. The van der Waals surface area contributed by atoms with Crippen LogP contribution in [0.25, 0.3) is 0 Å². The van der Waals surface area contributed by atoms with Crippen LogP contribution in [0.2, 0.25) is 0 Å². The number of hydrogen-bond acceptors (Lipinski definition) is 4. The van der Waals surface area contributed by atoms with Crippen molar-refractivity contribution in [1.29, 1.82) is 0 Å². The van der Waals surface area contributed by atoms with Crippen LogP contribution in [0.3, 0.4) is 0 Å². The molecular formula is C15H20ClF3N2O3. The minimum Gasteiger partial charge on any atom is -0.493 e. The van der Waals surface area contributed by atoms with Crippen LogP contribution in [0.4, 0.5) is 13.2 Å². The zero-order valence-electron chi connectivity index (χ0n) is 13.5. The van der Waals surface area contributed by atoms with E-state index in [4.69, 9.17) is 9.47 Å². The van der Waals surface area contributed by atoms with Gasteiger partial charge in [-0.05, 0) is 13.0 Å². The summed E-state index contributed by atoms with van der Waals surface area (Å²) < 4.78 is 50.5. The molecule has 0 radical (unpaired) electrons. The Morgan fingerprint density at radius 2 is 1.92 bits per heavy atom. The molecule has 2 atom stereocenters. The summed E-state index contributed by atoms with van der Waals surface area (Å²) in [7, 11) is 2.79. The molecular weight excluding hydrogens is 349 g/mol. The van der Waals surface area contributed by atoms with E-state index >= 15 is 0 Å². The molecule has 1 saturated heterocycles. The van der Waals surface area contributed by atoms with Gasteiger partial charge in [0.1, 0.15) is 5.82 Å². The molecule has 1 aromatic carbocycles. The van der Waals surface area contributed by atoms with Crippen molar-refractivity contribution >= 4 is 18.3 Å². The number of amides is 1. The Hall–Kier alpha value is -1.67. The van der Waals surface area contributed by atoms with Crippen molar-refractivity contribution < 1.29 is 27.4 Å². The van der Waals surface area contributed by atoms with Crippen LogP contribution < -0.4 is 20.1 Å². The second-order valence-electron chi connectivity index (χ2n) is 5.45. The number of ether oxygens (including phenoxy) is 2. The summed E-state index contributed by atoms with van der Waals surface area (Å²) in [5.74, 6) is -3.54. The number of rotatable bonds is 5. The molecule has 24 heavy (non-hydrogen) atoms. The molecule has 2 unspecified atom stereocenters. The third-order valence-corrected chi connectivity index (χ3v) is 3.75. The van der Waals surface area contributed by atoms with Crippen molar-refractivity contribution in [3.63, 3.8) is 0 Å². The molecule has 2 rings (SSSR count). The second-order valence-corrected chi connectivity index (χ2v) is 5.45. The molecule has 5 nitrogen and oxygen atoms in total. The third-order valence-electron chi connectivity index (χ3n) is 3.75. The number of methoxy groups -OCH3 is 2. The van der Waals surface area contributed by atoms with Crippen molar-refractivity contribution in [2.75, 3.05) is 20.8 Å². The first kappa shape index (κ1) is 20.4. The Balaban J connectivity index is 0.00000288. The van der Waals surface area contributed by atoms with Crippen LogP contribution >= 0.6 is 12.4 Å². The Bertz CT molecular complexity index is 602. The standard InChI is InChI=1S/C15H19F3N2O3.ClH/c1-8(20-14(21)11-6-15(17,18)7-19-11)9-4-12(22-2)13(23-3)5-10(9)16;/h4-5,8,11,19H,6-7H2,1-3H3,(H,20,21);1H. The highest BCUT2D eigenvalue weighted by molar-refractivity contribution is 5.85. The maximum atomic E-state index is 14.1. The predicted octanol–water partition coefficient (Wildman–Crippen LogP) is 2.44. The number of halogens is 4. The molecule has 0 saturated carbocycles. The highest BCUT2D eigenvalue weighted by Crippen LogP contribution is 2.32. The van der Waals surface area contributed by atoms with Crippen molar-refractivity contribution in [3.05, 3.63) is 23.5 Å². The number of hydrogen-bond donors (Lipinski definition) is 2. The molecule has 0 bridgehead atoms. The SMILES string of the molecule is COc1cc(F)c(C(C)NC(=O)C2CC(F)(F)CN2)cc1OC.Cl. The maximum absolute atomic E-state index is 14.1. The van der Waals surface area contributed by atoms with Gasteiger partial charge in [0.05, 0.1) is 32.8 Å². The first-order chi connectivity index (χ1) is 10.8. The van der Waals surface area contributed by atoms with Gasteiger partial charge < -0.3 is 14.8 Å². The molecule has 1 aliphatic rings. The van der Waals surface area contributed by atoms with Crippen LogP contribution in [0, 0.1) is 5.82 Å². The van der Waals surface area contributed by atoms with Gasteiger partial charge >= 0.3 is 0 Å². The average Bonchev–Trinajstić information content (AvgIpc) is 2.86. The van der Waals surface area contributed by atoms with Crippen molar-refractivity contribution in [2.45, 2.75) is 31.4 Å². The van der Waals surface area contributed by atoms with Gasteiger partial charge in [-0.1, -0.05) is 0 Å². The van der Waals surface area contributed by atoms with Crippen LogP contribution in [-0.2, 0) is 4.79 Å². The Kier molecular flexibility index (Phi) is 6.74. The maximum Gasteiger partial charge on any atom is 0.262 e. The molecule has 1 aliphatic heterocycles. The van der Waals surface area contributed by atoms with E-state index in [1.54, 1.807) is 6.92 Å². The molecule has 136 valence electrons. The fourth-order valence-electron chi connectivity index (χ4n) is 2.49. The highest BCUT2D eigenvalue weighted by Gasteiger charge is 2.42.